The molecule has 4 heteroatoms. The first-order valence-corrected chi connectivity index (χ1v) is 14.8. The van der Waals surface area contributed by atoms with Crippen LogP contribution in [0.3, 0.4) is 0 Å². The van der Waals surface area contributed by atoms with Crippen molar-refractivity contribution in [3.63, 3.8) is 0 Å². The number of hydrogen-bond donors (Lipinski definition) is 1. The third kappa shape index (κ3) is 7.45. The van der Waals surface area contributed by atoms with E-state index in [0.29, 0.717) is 0 Å². The molecule has 0 aliphatic rings. The zero-order valence-electron chi connectivity index (χ0n) is 24.5. The lowest BCUT2D eigenvalue weighted by Crippen LogP contribution is -2.47. The van der Waals surface area contributed by atoms with Crippen molar-refractivity contribution in [1.29, 1.82) is 0 Å². The zero-order valence-corrected chi connectivity index (χ0v) is 25.4. The molecule has 0 bridgehead atoms. The highest BCUT2D eigenvalue weighted by atomic mass is 31.1. The van der Waals surface area contributed by atoms with E-state index in [-0.39, 0.29) is 22.9 Å². The average Bonchev–Trinajstić information content (AvgIpc) is 2.81. The van der Waals surface area contributed by atoms with Crippen LogP contribution in [0.25, 0.3) is 0 Å². The van der Waals surface area contributed by atoms with E-state index < -0.39 is 8.07 Å². The van der Waals surface area contributed by atoms with Crippen molar-refractivity contribution in [1.82, 2.24) is 9.99 Å². The topological polar surface area (TPSA) is 27.6 Å². The molecule has 3 aromatic carbocycles. The van der Waals surface area contributed by atoms with Gasteiger partial charge in [0.05, 0.1) is 13.8 Å². The molecule has 0 saturated heterocycles. The number of rotatable bonds is 6. The molecule has 1 N–H and O–H groups in total. The normalized spacial score (nSPS) is 12.9. The average molecular weight is 516 g/mol. The molecule has 0 heterocycles. The second-order valence-electron chi connectivity index (χ2n) is 12.4. The molecule has 0 radical (unpaired) electrons. The Kier molecular flexibility index (Phi) is 9.24. The number of nitrogens with one attached hydrogen (secondary N) is 1. The molecule has 0 amide bonds. The van der Waals surface area contributed by atoms with Gasteiger partial charge in [-0.25, -0.2) is 4.99 Å². The summed E-state index contributed by atoms with van der Waals surface area (Å²) in [5, 5.41) is 6.39. The summed E-state index contributed by atoms with van der Waals surface area (Å²) in [5.74, 6) is 0.931. The molecule has 3 aromatic rings. The lowest BCUT2D eigenvalue weighted by atomic mass is 9.81. The van der Waals surface area contributed by atoms with E-state index in [1.54, 1.807) is 0 Å². The van der Waals surface area contributed by atoms with Gasteiger partial charge < -0.3 is 9.99 Å². The van der Waals surface area contributed by atoms with E-state index in [0.717, 1.165) is 11.6 Å². The molecule has 0 unspecified atom stereocenters. The number of nitrogens with zero attached hydrogens (tertiary/aromatic N) is 2. The van der Waals surface area contributed by atoms with Crippen LogP contribution in [-0.4, -0.2) is 22.7 Å². The maximum Gasteiger partial charge on any atom is 0.203 e. The van der Waals surface area contributed by atoms with Gasteiger partial charge in [-0.15, -0.1) is 0 Å². The fourth-order valence-corrected chi connectivity index (χ4v) is 6.81. The van der Waals surface area contributed by atoms with Crippen LogP contribution in [0.5, 0.6) is 0 Å². The summed E-state index contributed by atoms with van der Waals surface area (Å²) in [6, 6.07) is 29.1. The Labute approximate surface area is 227 Å². The second kappa shape index (κ2) is 11.8. The summed E-state index contributed by atoms with van der Waals surface area (Å²) in [5.41, 5.74) is 3.63. The van der Waals surface area contributed by atoms with E-state index in [2.05, 4.69) is 158 Å². The highest BCUT2D eigenvalue weighted by Gasteiger charge is 2.30. The zero-order chi connectivity index (χ0) is 27.4. The number of guanidine groups is 1. The van der Waals surface area contributed by atoms with Crippen molar-refractivity contribution in [3.8, 4) is 0 Å². The van der Waals surface area contributed by atoms with E-state index in [9.17, 15) is 0 Å². The van der Waals surface area contributed by atoms with E-state index in [4.69, 9.17) is 4.99 Å². The summed E-state index contributed by atoms with van der Waals surface area (Å²) in [6.45, 7) is 22.6. The molecule has 0 atom stereocenters. The Bertz CT molecular complexity index is 1130. The molecule has 3 nitrogen and oxygen atoms in total. The Hall–Kier alpha value is -2.64. The van der Waals surface area contributed by atoms with Crippen LogP contribution in [0.15, 0.2) is 83.9 Å². The molecule has 198 valence electrons. The van der Waals surface area contributed by atoms with Gasteiger partial charge >= 0.3 is 0 Å². The van der Waals surface area contributed by atoms with Gasteiger partial charge in [-0.2, -0.15) is 0 Å². The minimum Gasteiger partial charge on any atom is -0.354 e. The summed E-state index contributed by atoms with van der Waals surface area (Å²) >= 11 is 0. The van der Waals surface area contributed by atoms with Gasteiger partial charge in [-0.3, -0.25) is 0 Å². The molecule has 0 aromatic heterocycles. The smallest absolute Gasteiger partial charge is 0.203 e. The Balaban J connectivity index is 2.31. The van der Waals surface area contributed by atoms with E-state index in [1.165, 1.54) is 21.7 Å². The van der Waals surface area contributed by atoms with Crippen LogP contribution in [0.2, 0.25) is 0 Å². The summed E-state index contributed by atoms with van der Waals surface area (Å²) in [6.07, 6.45) is 0. The predicted molar refractivity (Wildman–Crippen MR) is 165 cm³/mol. The highest BCUT2D eigenvalue weighted by molar-refractivity contribution is 7.71. The molecule has 0 fully saturated rings. The minimum atomic E-state index is -0.848. The van der Waals surface area contributed by atoms with E-state index >= 15 is 0 Å². The molecule has 0 saturated carbocycles. The first-order valence-electron chi connectivity index (χ1n) is 13.5. The van der Waals surface area contributed by atoms with Gasteiger partial charge in [0.25, 0.3) is 0 Å². The van der Waals surface area contributed by atoms with Crippen LogP contribution in [0.4, 0.5) is 5.69 Å². The molecular weight excluding hydrogens is 469 g/mol. The van der Waals surface area contributed by atoms with Crippen molar-refractivity contribution in [3.05, 3.63) is 90.0 Å². The quantitative estimate of drug-likeness (QED) is 0.204. The Morgan fingerprint density at radius 3 is 1.65 bits per heavy atom. The lowest BCUT2D eigenvalue weighted by Gasteiger charge is -2.39. The van der Waals surface area contributed by atoms with Crippen LogP contribution >= 0.6 is 8.07 Å². The predicted octanol–water partition coefficient (Wildman–Crippen LogP) is 8.03. The molecule has 0 spiro atoms. The maximum atomic E-state index is 5.48. The largest absolute Gasteiger partial charge is 0.354 e. The van der Waals surface area contributed by atoms with Crippen molar-refractivity contribution >= 4 is 30.3 Å². The standard InChI is InChI=1S/C33H46N3P/c1-24(2)34-31(35-30-23-26(32(5,6)7)21-22-29(30)33(8,9)10)36(25(3)4)37(27-17-13-11-14-18-27)28-19-15-12-16-20-28/h11-25H,1-10H3,(H,34,35). The third-order valence-corrected chi connectivity index (χ3v) is 8.90. The van der Waals surface area contributed by atoms with Gasteiger partial charge in [-0.05, 0) is 55.7 Å². The van der Waals surface area contributed by atoms with E-state index in [1.807, 2.05) is 0 Å². The van der Waals surface area contributed by atoms with Crippen molar-refractivity contribution in [2.24, 2.45) is 4.99 Å². The number of aliphatic imine (C=N–C) groups is 1. The summed E-state index contributed by atoms with van der Waals surface area (Å²) < 4.78 is 2.51. The van der Waals surface area contributed by atoms with Crippen LogP contribution < -0.4 is 15.9 Å². The molecular formula is C33H46N3P. The van der Waals surface area contributed by atoms with Gasteiger partial charge in [0.2, 0.25) is 5.96 Å². The van der Waals surface area contributed by atoms with Crippen molar-refractivity contribution < 1.29 is 0 Å². The lowest BCUT2D eigenvalue weighted by molar-refractivity contribution is 0.511. The maximum absolute atomic E-state index is 5.48. The minimum absolute atomic E-state index is 0.0234. The van der Waals surface area contributed by atoms with Crippen LogP contribution in [0.1, 0.15) is 80.4 Å². The fourth-order valence-electron chi connectivity index (χ4n) is 4.35. The second-order valence-corrected chi connectivity index (χ2v) is 14.5. The first-order chi connectivity index (χ1) is 17.3. The van der Waals surface area contributed by atoms with Gasteiger partial charge in [0, 0.05) is 22.7 Å². The summed E-state index contributed by atoms with van der Waals surface area (Å²) in [4.78, 5) is 5.48. The third-order valence-electron chi connectivity index (χ3n) is 6.24. The van der Waals surface area contributed by atoms with Gasteiger partial charge in [0.15, 0.2) is 0 Å². The van der Waals surface area contributed by atoms with Crippen LogP contribution in [0, 0.1) is 0 Å². The van der Waals surface area contributed by atoms with Crippen molar-refractivity contribution in [2.75, 3.05) is 0 Å². The Morgan fingerprint density at radius 1 is 0.730 bits per heavy atom. The molecule has 37 heavy (non-hydrogen) atoms. The van der Waals surface area contributed by atoms with Gasteiger partial charge in [0.1, 0.15) is 0 Å². The summed E-state index contributed by atoms with van der Waals surface area (Å²) in [7, 11) is -0.848. The van der Waals surface area contributed by atoms with Crippen LogP contribution in [-0.2, 0) is 10.8 Å². The highest BCUT2D eigenvalue weighted by Crippen LogP contribution is 2.42. The molecule has 0 aliphatic heterocycles. The SMILES string of the molecule is CC(C)N/C(=N\c1cc(C(C)(C)C)ccc1C(C)(C)C)N(C(C)C)P(c1ccccc1)c1ccccc1. The Morgan fingerprint density at radius 2 is 1.24 bits per heavy atom. The van der Waals surface area contributed by atoms with Crippen molar-refractivity contribution in [2.45, 2.75) is 92.2 Å². The molecule has 3 rings (SSSR count). The number of benzene rings is 3. The molecule has 0 aliphatic carbocycles. The monoisotopic (exact) mass is 515 g/mol. The number of hydrogen-bond acceptors (Lipinski definition) is 1. The first kappa shape index (κ1) is 28.9. The van der Waals surface area contributed by atoms with Gasteiger partial charge in [-0.1, -0.05) is 114 Å². The fraction of sp³-hybridized carbons (Fsp3) is 0.424.